The van der Waals surface area contributed by atoms with Crippen LogP contribution < -0.4 is 0 Å². The molecule has 0 heterocycles. The summed E-state index contributed by atoms with van der Waals surface area (Å²) in [6, 6.07) is 0. The minimum atomic E-state index is 0. The molecule has 0 N–H and O–H groups in total. The molecule has 0 amide bonds. The molecule has 0 fully saturated rings. The fourth-order valence-electron chi connectivity index (χ4n) is 0. The van der Waals surface area contributed by atoms with Gasteiger partial charge in [0, 0.05) is 0 Å². The van der Waals surface area contributed by atoms with E-state index in [0.29, 0.717) is 0 Å². The molecule has 0 aliphatic heterocycles. The third kappa shape index (κ3) is 23.8. The molecule has 0 aromatic carbocycles. The molecule has 0 bridgehead atoms. The van der Waals surface area contributed by atoms with E-state index in [9.17, 15) is 0 Å². The zero-order chi connectivity index (χ0) is 2.71. The summed E-state index contributed by atoms with van der Waals surface area (Å²) in [6.45, 7) is 3.27. The summed E-state index contributed by atoms with van der Waals surface area (Å²) in [5, 5.41) is 0. The van der Waals surface area contributed by atoms with E-state index in [0.717, 1.165) is 0 Å². The number of hydrogen-bond acceptors (Lipinski definition) is 0. The van der Waals surface area contributed by atoms with E-state index in [-0.39, 0.29) is 17.1 Å². The van der Waals surface area contributed by atoms with Gasteiger partial charge in [0.1, 0.15) is 0 Å². The van der Waals surface area contributed by atoms with E-state index in [1.807, 2.05) is 0 Å². The molecule has 0 aromatic heterocycles. The van der Waals surface area contributed by atoms with Crippen LogP contribution in [-0.2, 0) is 17.1 Å². The van der Waals surface area contributed by atoms with E-state index in [1.54, 1.807) is 5.70 Å². The Balaban J connectivity index is 0. The van der Waals surface area contributed by atoms with Crippen molar-refractivity contribution in [3.05, 3.63) is 12.3 Å². The normalized spacial score (nSPS) is 3.25. The summed E-state index contributed by atoms with van der Waals surface area (Å²) in [5.41, 5.74) is 1.56. The molecule has 0 unspecified atom stereocenters. The zero-order valence-electron chi connectivity index (χ0n) is 2.09. The van der Waals surface area contributed by atoms with Crippen molar-refractivity contribution < 1.29 is 17.1 Å². The standard InChI is InChI=1S/C2H3Si.Cu/c1-2-3;/h2H,1H2;/q;+1. The predicted molar refractivity (Wildman–Crippen MR) is 16.0 cm³/mol. The Kier molecular flexibility index (Phi) is 21.6. The fraction of sp³-hybridized carbons (Fsp3) is 0. The maximum Gasteiger partial charge on any atom is 1.00 e. The minimum Gasteiger partial charge on any atom is -0.109 e. The maximum absolute atomic E-state index is 3.27. The average molecular weight is 119 g/mol. The second kappa shape index (κ2) is 9.78. The van der Waals surface area contributed by atoms with Gasteiger partial charge in [-0.25, -0.2) is 0 Å². The molecule has 0 rings (SSSR count). The first-order chi connectivity index (χ1) is 1.41. The third-order valence-electron chi connectivity index (χ3n) is 0. The average Bonchev–Trinajstić information content (AvgIpc) is 0.918. The molecule has 3 radical (unpaired) electrons. The Morgan fingerprint density at radius 3 is 1.75 bits per heavy atom. The maximum atomic E-state index is 3.27. The SMILES string of the molecule is C=C[Si].[Cu+]. The molecule has 4 heavy (non-hydrogen) atoms. The first-order valence-corrected chi connectivity index (χ1v) is 1.27. The van der Waals surface area contributed by atoms with Gasteiger partial charge in [-0.2, -0.15) is 0 Å². The van der Waals surface area contributed by atoms with Gasteiger partial charge in [0.2, 0.25) is 0 Å². The van der Waals surface area contributed by atoms with Gasteiger partial charge in [-0.05, 0) is 0 Å². The largest absolute Gasteiger partial charge is 1.00 e. The Morgan fingerprint density at radius 2 is 1.75 bits per heavy atom. The van der Waals surface area contributed by atoms with Gasteiger partial charge in [-0.15, -0.1) is 12.3 Å². The van der Waals surface area contributed by atoms with Gasteiger partial charge in [0.25, 0.3) is 0 Å². The summed E-state index contributed by atoms with van der Waals surface area (Å²) in [6.07, 6.45) is 0. The van der Waals surface area contributed by atoms with E-state index >= 15 is 0 Å². The van der Waals surface area contributed by atoms with Crippen LogP contribution in [0.25, 0.3) is 0 Å². The molecule has 0 nitrogen and oxygen atoms in total. The quantitative estimate of drug-likeness (QED) is 0.402. The van der Waals surface area contributed by atoms with Crippen LogP contribution >= 0.6 is 0 Å². The monoisotopic (exact) mass is 118 g/mol. The van der Waals surface area contributed by atoms with Crippen molar-refractivity contribution in [1.82, 2.24) is 0 Å². The van der Waals surface area contributed by atoms with Crippen LogP contribution in [0.15, 0.2) is 12.3 Å². The molecule has 0 aliphatic rings. The van der Waals surface area contributed by atoms with E-state index in [4.69, 9.17) is 0 Å². The summed E-state index contributed by atoms with van der Waals surface area (Å²) in [7, 11) is 2.95. The van der Waals surface area contributed by atoms with Crippen molar-refractivity contribution in [3.8, 4) is 0 Å². The molecular weight excluding hydrogens is 116 g/mol. The van der Waals surface area contributed by atoms with Crippen molar-refractivity contribution >= 4 is 10.2 Å². The summed E-state index contributed by atoms with van der Waals surface area (Å²) >= 11 is 0. The van der Waals surface area contributed by atoms with Crippen LogP contribution in [0.4, 0.5) is 0 Å². The van der Waals surface area contributed by atoms with E-state index in [2.05, 4.69) is 16.8 Å². The fourth-order valence-corrected chi connectivity index (χ4v) is 0. The molecule has 25 valence electrons. The van der Waals surface area contributed by atoms with Crippen molar-refractivity contribution in [2.75, 3.05) is 0 Å². The molecule has 0 saturated heterocycles. The second-order valence-corrected chi connectivity index (χ2v) is 0.612. The van der Waals surface area contributed by atoms with E-state index < -0.39 is 0 Å². The second-order valence-electron chi connectivity index (χ2n) is 0.204. The molecule has 0 spiro atoms. The van der Waals surface area contributed by atoms with Crippen LogP contribution in [0.3, 0.4) is 0 Å². The van der Waals surface area contributed by atoms with Crippen LogP contribution in [0, 0.1) is 0 Å². The Labute approximate surface area is 40.2 Å². The van der Waals surface area contributed by atoms with Gasteiger partial charge >= 0.3 is 17.1 Å². The van der Waals surface area contributed by atoms with Crippen LogP contribution in [0.2, 0.25) is 0 Å². The summed E-state index contributed by atoms with van der Waals surface area (Å²) < 4.78 is 0. The van der Waals surface area contributed by atoms with Crippen molar-refractivity contribution in [3.63, 3.8) is 0 Å². The van der Waals surface area contributed by atoms with Gasteiger partial charge in [0.05, 0.1) is 10.2 Å². The molecule has 0 atom stereocenters. The van der Waals surface area contributed by atoms with Crippen LogP contribution in [-0.4, -0.2) is 10.2 Å². The number of hydrogen-bond donors (Lipinski definition) is 0. The van der Waals surface area contributed by atoms with Crippen molar-refractivity contribution in [1.29, 1.82) is 0 Å². The molecule has 0 aliphatic carbocycles. The topological polar surface area (TPSA) is 0 Å². The minimum absolute atomic E-state index is 0. The Hall–Kier alpha value is 0.476. The Morgan fingerprint density at radius 1 is 1.75 bits per heavy atom. The zero-order valence-corrected chi connectivity index (χ0v) is 4.03. The molecule has 0 saturated carbocycles. The van der Waals surface area contributed by atoms with E-state index in [1.165, 1.54) is 0 Å². The van der Waals surface area contributed by atoms with Crippen molar-refractivity contribution in [2.45, 2.75) is 0 Å². The van der Waals surface area contributed by atoms with Gasteiger partial charge in [0.15, 0.2) is 0 Å². The third-order valence-corrected chi connectivity index (χ3v) is 0. The predicted octanol–water partition coefficient (Wildman–Crippen LogP) is 0.296. The first-order valence-electron chi connectivity index (χ1n) is 0.697. The molecular formula is C2H3CuSi+. The van der Waals surface area contributed by atoms with Gasteiger partial charge in [-0.1, -0.05) is 0 Å². The summed E-state index contributed by atoms with van der Waals surface area (Å²) in [4.78, 5) is 0. The molecule has 2 heteroatoms. The van der Waals surface area contributed by atoms with Gasteiger partial charge in [-0.3, -0.25) is 0 Å². The Bertz CT molecular complexity index is 13.5. The smallest absolute Gasteiger partial charge is 0.109 e. The van der Waals surface area contributed by atoms with Gasteiger partial charge < -0.3 is 0 Å². The van der Waals surface area contributed by atoms with Crippen LogP contribution in [0.5, 0.6) is 0 Å². The van der Waals surface area contributed by atoms with Crippen molar-refractivity contribution in [2.24, 2.45) is 0 Å². The summed E-state index contributed by atoms with van der Waals surface area (Å²) in [5.74, 6) is 0. The first kappa shape index (κ1) is 8.82. The molecule has 0 aromatic rings. The van der Waals surface area contributed by atoms with Crippen LogP contribution in [0.1, 0.15) is 0 Å². The number of rotatable bonds is 0.